The third-order valence-electron chi connectivity index (χ3n) is 3.39. The molecule has 2 rings (SSSR count). The van der Waals surface area contributed by atoms with Gasteiger partial charge >= 0.3 is 0 Å². The molecule has 0 saturated heterocycles. The maximum absolute atomic E-state index is 5.96. The van der Waals surface area contributed by atoms with E-state index >= 15 is 0 Å². The van der Waals surface area contributed by atoms with E-state index in [2.05, 4.69) is 38.1 Å². The quantitative estimate of drug-likeness (QED) is 0.830. The molecule has 0 saturated carbocycles. The average molecular weight is 289 g/mol. The highest BCUT2D eigenvalue weighted by molar-refractivity contribution is 7.11. The van der Waals surface area contributed by atoms with Crippen molar-refractivity contribution in [1.29, 1.82) is 0 Å². The summed E-state index contributed by atoms with van der Waals surface area (Å²) in [6, 6.07) is 12.9. The second-order valence-corrected chi connectivity index (χ2v) is 6.28. The van der Waals surface area contributed by atoms with Crippen molar-refractivity contribution in [3.05, 3.63) is 51.7 Å². The van der Waals surface area contributed by atoms with Crippen molar-refractivity contribution in [2.75, 3.05) is 0 Å². The van der Waals surface area contributed by atoms with E-state index in [4.69, 9.17) is 10.5 Å². The van der Waals surface area contributed by atoms with Gasteiger partial charge in [0.1, 0.15) is 12.4 Å². The van der Waals surface area contributed by atoms with Crippen LogP contribution in [0.3, 0.4) is 0 Å². The molecule has 0 radical (unpaired) electrons. The van der Waals surface area contributed by atoms with E-state index in [1.54, 1.807) is 0 Å². The first kappa shape index (κ1) is 15.1. The van der Waals surface area contributed by atoms with Crippen molar-refractivity contribution in [3.63, 3.8) is 0 Å². The topological polar surface area (TPSA) is 35.2 Å². The Morgan fingerprint density at radius 3 is 2.35 bits per heavy atom. The lowest BCUT2D eigenvalue weighted by molar-refractivity contribution is 0.309. The van der Waals surface area contributed by atoms with Gasteiger partial charge in [0.25, 0.3) is 0 Å². The van der Waals surface area contributed by atoms with E-state index in [0.717, 1.165) is 25.0 Å². The normalized spacial score (nSPS) is 12.3. The highest BCUT2D eigenvalue weighted by Crippen LogP contribution is 2.20. The minimum atomic E-state index is 0.250. The summed E-state index contributed by atoms with van der Waals surface area (Å²) in [6.45, 7) is 4.95. The van der Waals surface area contributed by atoms with Gasteiger partial charge in [-0.25, -0.2) is 0 Å². The van der Waals surface area contributed by atoms with E-state index in [9.17, 15) is 0 Å². The zero-order valence-corrected chi connectivity index (χ0v) is 13.1. The Morgan fingerprint density at radius 1 is 1.05 bits per heavy atom. The first-order valence-corrected chi connectivity index (χ1v) is 8.07. The van der Waals surface area contributed by atoms with Gasteiger partial charge in [0.15, 0.2) is 0 Å². The lowest BCUT2D eigenvalue weighted by Gasteiger charge is -2.09. The molecule has 2 nitrogen and oxygen atoms in total. The summed E-state index contributed by atoms with van der Waals surface area (Å²) >= 11 is 1.83. The molecule has 1 aromatic carbocycles. The van der Waals surface area contributed by atoms with Gasteiger partial charge in [-0.2, -0.15) is 0 Å². The second kappa shape index (κ2) is 7.46. The summed E-state index contributed by atoms with van der Waals surface area (Å²) in [5, 5.41) is 0. The minimum absolute atomic E-state index is 0.250. The molecule has 108 valence electrons. The van der Waals surface area contributed by atoms with Crippen molar-refractivity contribution in [3.8, 4) is 5.75 Å². The Balaban J connectivity index is 1.87. The average Bonchev–Trinajstić information content (AvgIpc) is 2.94. The minimum Gasteiger partial charge on any atom is -0.488 e. The summed E-state index contributed by atoms with van der Waals surface area (Å²) in [6.07, 6.45) is 3.04. The summed E-state index contributed by atoms with van der Waals surface area (Å²) in [5.74, 6) is 0.922. The third kappa shape index (κ3) is 4.36. The van der Waals surface area contributed by atoms with Crippen LogP contribution in [0.25, 0.3) is 0 Å². The van der Waals surface area contributed by atoms with E-state index in [1.807, 2.05) is 23.5 Å². The van der Waals surface area contributed by atoms with Crippen LogP contribution < -0.4 is 10.5 Å². The molecule has 1 unspecified atom stereocenters. The number of thiophene rings is 1. The molecular weight excluding hydrogens is 266 g/mol. The molecule has 2 N–H and O–H groups in total. The Bertz CT molecular complexity index is 518. The lowest BCUT2D eigenvalue weighted by Crippen LogP contribution is -2.21. The molecule has 0 spiro atoms. The zero-order chi connectivity index (χ0) is 14.4. The Morgan fingerprint density at radius 2 is 1.75 bits per heavy atom. The van der Waals surface area contributed by atoms with Crippen LogP contribution in [0.15, 0.2) is 36.4 Å². The first-order valence-electron chi connectivity index (χ1n) is 7.26. The number of ether oxygens (including phenoxy) is 1. The third-order valence-corrected chi connectivity index (χ3v) is 4.60. The van der Waals surface area contributed by atoms with Crippen LogP contribution in [0, 0.1) is 0 Å². The monoisotopic (exact) mass is 289 g/mol. The largest absolute Gasteiger partial charge is 0.488 e. The van der Waals surface area contributed by atoms with Crippen LogP contribution in [0.5, 0.6) is 5.75 Å². The van der Waals surface area contributed by atoms with Crippen LogP contribution in [0.1, 0.15) is 35.6 Å². The van der Waals surface area contributed by atoms with Crippen molar-refractivity contribution in [2.24, 2.45) is 5.73 Å². The summed E-state index contributed by atoms with van der Waals surface area (Å²) in [7, 11) is 0. The predicted molar refractivity (Wildman–Crippen MR) is 86.4 cm³/mol. The van der Waals surface area contributed by atoms with Crippen LogP contribution in [0.4, 0.5) is 0 Å². The molecule has 0 amide bonds. The van der Waals surface area contributed by atoms with Crippen LogP contribution >= 0.6 is 11.3 Å². The van der Waals surface area contributed by atoms with Gasteiger partial charge in [-0.3, -0.25) is 0 Å². The van der Waals surface area contributed by atoms with Crippen molar-refractivity contribution >= 4 is 11.3 Å². The maximum atomic E-state index is 5.96. The van der Waals surface area contributed by atoms with E-state index < -0.39 is 0 Å². The highest BCUT2D eigenvalue weighted by atomic mass is 32.1. The standard InChI is InChI=1S/C17H23NOS/c1-3-14(18)11-13-5-7-15(8-6-13)19-12-17-10-9-16(4-2)20-17/h5-10,14H,3-4,11-12,18H2,1-2H3. The second-order valence-electron chi connectivity index (χ2n) is 5.03. The fraction of sp³-hybridized carbons (Fsp3) is 0.412. The Hall–Kier alpha value is -1.32. The first-order chi connectivity index (χ1) is 9.71. The molecule has 3 heteroatoms. The van der Waals surface area contributed by atoms with Crippen LogP contribution in [0.2, 0.25) is 0 Å². The number of aryl methyl sites for hydroxylation is 1. The number of nitrogens with two attached hydrogens (primary N) is 1. The lowest BCUT2D eigenvalue weighted by atomic mass is 10.0. The van der Waals surface area contributed by atoms with Gasteiger partial charge in [0.2, 0.25) is 0 Å². The number of benzene rings is 1. The molecule has 0 aliphatic heterocycles. The van der Waals surface area contributed by atoms with Crippen LogP contribution in [-0.4, -0.2) is 6.04 Å². The maximum Gasteiger partial charge on any atom is 0.122 e. The van der Waals surface area contributed by atoms with Gasteiger partial charge in [-0.15, -0.1) is 11.3 Å². The van der Waals surface area contributed by atoms with Gasteiger partial charge in [-0.05, 0) is 49.1 Å². The number of rotatable bonds is 7. The summed E-state index contributed by atoms with van der Waals surface area (Å²) in [5.41, 5.74) is 7.24. The molecule has 0 fully saturated rings. The molecule has 0 aliphatic carbocycles. The smallest absolute Gasteiger partial charge is 0.122 e. The van der Waals surface area contributed by atoms with Crippen LogP contribution in [-0.2, 0) is 19.4 Å². The fourth-order valence-electron chi connectivity index (χ4n) is 2.01. The zero-order valence-electron chi connectivity index (χ0n) is 12.3. The van der Waals surface area contributed by atoms with E-state index in [-0.39, 0.29) is 6.04 Å². The molecule has 1 atom stereocenters. The van der Waals surface area contributed by atoms with Crippen molar-refractivity contribution < 1.29 is 4.74 Å². The number of hydrogen-bond acceptors (Lipinski definition) is 3. The summed E-state index contributed by atoms with van der Waals surface area (Å²) < 4.78 is 5.82. The van der Waals surface area contributed by atoms with Gasteiger partial charge in [-0.1, -0.05) is 26.0 Å². The molecule has 1 aromatic heterocycles. The SMILES string of the molecule is CCc1ccc(COc2ccc(CC(N)CC)cc2)s1. The molecule has 1 heterocycles. The molecular formula is C17H23NOS. The van der Waals surface area contributed by atoms with Gasteiger partial charge in [0, 0.05) is 15.8 Å². The molecule has 2 aromatic rings. The van der Waals surface area contributed by atoms with Gasteiger partial charge in [0.05, 0.1) is 0 Å². The highest BCUT2D eigenvalue weighted by Gasteiger charge is 2.03. The molecule has 20 heavy (non-hydrogen) atoms. The van der Waals surface area contributed by atoms with Crippen molar-refractivity contribution in [2.45, 2.75) is 45.8 Å². The molecule has 0 aliphatic rings. The van der Waals surface area contributed by atoms with Gasteiger partial charge < -0.3 is 10.5 Å². The Labute approximate surface area is 125 Å². The summed E-state index contributed by atoms with van der Waals surface area (Å²) in [4.78, 5) is 2.69. The Kier molecular flexibility index (Phi) is 5.62. The number of hydrogen-bond donors (Lipinski definition) is 1. The predicted octanol–water partition coefficient (Wildman–Crippen LogP) is 4.17. The fourth-order valence-corrected chi connectivity index (χ4v) is 2.88. The molecule has 0 bridgehead atoms. The van der Waals surface area contributed by atoms with E-state index in [1.165, 1.54) is 15.3 Å². The van der Waals surface area contributed by atoms with E-state index in [0.29, 0.717) is 6.61 Å². The van der Waals surface area contributed by atoms with Crippen molar-refractivity contribution in [1.82, 2.24) is 0 Å².